The van der Waals surface area contributed by atoms with E-state index in [1.807, 2.05) is 78.9 Å². The summed E-state index contributed by atoms with van der Waals surface area (Å²) in [5.74, 6) is 0.987. The first-order valence-electron chi connectivity index (χ1n) is 17.6. The molecule has 0 aliphatic carbocycles. The van der Waals surface area contributed by atoms with Crippen LogP contribution in [0.1, 0.15) is 16.8 Å². The minimum absolute atomic E-state index is 0.00405. The van der Waals surface area contributed by atoms with Crippen LogP contribution in [0.3, 0.4) is 0 Å². The second-order valence-electron chi connectivity index (χ2n) is 12.9. The highest BCUT2D eigenvalue weighted by Crippen LogP contribution is 2.42. The third kappa shape index (κ3) is 6.72. The highest BCUT2D eigenvalue weighted by molar-refractivity contribution is 6.24. The summed E-state index contributed by atoms with van der Waals surface area (Å²) in [5.41, 5.74) is 15.5. The summed E-state index contributed by atoms with van der Waals surface area (Å²) in [6, 6.07) is 64.0. The molecule has 0 fully saturated rings. The minimum atomic E-state index is 0.00405. The molecule has 2 heterocycles. The monoisotopic (exact) mass is 683 g/mol. The molecular formula is C48H37N5. The molecular weight excluding hydrogens is 647 g/mol. The first-order valence-corrected chi connectivity index (χ1v) is 17.6. The summed E-state index contributed by atoms with van der Waals surface area (Å²) < 4.78 is 2.22. The molecule has 0 radical (unpaired) electrons. The number of rotatable bonds is 5. The van der Waals surface area contributed by atoms with Gasteiger partial charge >= 0.3 is 0 Å². The molecule has 7 aromatic carbocycles. The van der Waals surface area contributed by atoms with Crippen molar-refractivity contribution in [3.8, 4) is 28.1 Å². The van der Waals surface area contributed by atoms with Gasteiger partial charge in [0, 0.05) is 16.3 Å². The van der Waals surface area contributed by atoms with Crippen molar-refractivity contribution in [2.24, 2.45) is 10.7 Å². The Hall–Kier alpha value is -7.11. The number of hydrogen-bond acceptors (Lipinski definition) is 2. The topological polar surface area (TPSA) is 80.0 Å². The third-order valence-corrected chi connectivity index (χ3v) is 9.41. The zero-order valence-electron chi connectivity index (χ0n) is 29.3. The summed E-state index contributed by atoms with van der Waals surface area (Å²) in [7, 11) is 0. The molecule has 254 valence electrons. The van der Waals surface area contributed by atoms with Crippen LogP contribution in [0.2, 0.25) is 0 Å². The van der Waals surface area contributed by atoms with Gasteiger partial charge in [0.05, 0.1) is 11.0 Å². The van der Waals surface area contributed by atoms with Gasteiger partial charge in [-0.25, -0.2) is 9.98 Å². The number of aromatic nitrogens is 2. The predicted molar refractivity (Wildman–Crippen MR) is 222 cm³/mol. The number of hydrogen-bond donors (Lipinski definition) is 2. The van der Waals surface area contributed by atoms with E-state index < -0.39 is 0 Å². The molecule has 0 saturated carbocycles. The van der Waals surface area contributed by atoms with Crippen molar-refractivity contribution in [2.75, 3.05) is 0 Å². The van der Waals surface area contributed by atoms with E-state index >= 15 is 0 Å². The van der Waals surface area contributed by atoms with Gasteiger partial charge < -0.3 is 5.73 Å². The first-order chi connectivity index (χ1) is 26.0. The molecule has 0 atom stereocenters. The molecule has 0 aliphatic heterocycles. The molecule has 0 bridgehead atoms. The molecule has 2 aromatic heterocycles. The molecule has 0 spiro atoms. The number of aryl methyl sites for hydroxylation is 1. The number of aliphatic imine (C=N–C) groups is 1. The maximum absolute atomic E-state index is 8.82. The number of benzene rings is 7. The van der Waals surface area contributed by atoms with Crippen molar-refractivity contribution in [3.05, 3.63) is 205 Å². The van der Waals surface area contributed by atoms with Crippen molar-refractivity contribution in [1.82, 2.24) is 9.55 Å². The SMILES string of the molecule is Cc1ccccc1.N=C(N=C(N)c1ccccc1)c1cccc(-n2c3cc(-c4ccccc4)ccc3c3c4ccccc4c(-c4ccccc4)cc32)n1. The van der Waals surface area contributed by atoms with Gasteiger partial charge in [-0.05, 0) is 64.2 Å². The number of pyridine rings is 1. The van der Waals surface area contributed by atoms with Crippen LogP contribution < -0.4 is 5.73 Å². The van der Waals surface area contributed by atoms with Crippen molar-refractivity contribution < 1.29 is 0 Å². The maximum Gasteiger partial charge on any atom is 0.172 e. The lowest BCUT2D eigenvalue weighted by atomic mass is 9.94. The predicted octanol–water partition coefficient (Wildman–Crippen LogP) is 11.4. The molecule has 0 unspecified atom stereocenters. The Kier molecular flexibility index (Phi) is 9.12. The molecule has 3 N–H and O–H groups in total. The molecule has 0 amide bonds. The van der Waals surface area contributed by atoms with Crippen molar-refractivity contribution in [2.45, 2.75) is 6.92 Å². The van der Waals surface area contributed by atoms with E-state index in [9.17, 15) is 0 Å². The molecule has 9 aromatic rings. The van der Waals surface area contributed by atoms with Gasteiger partial charge in [-0.2, -0.15) is 0 Å². The van der Waals surface area contributed by atoms with Gasteiger partial charge in [-0.1, -0.05) is 169 Å². The smallest absolute Gasteiger partial charge is 0.172 e. The van der Waals surface area contributed by atoms with Crippen molar-refractivity contribution in [3.63, 3.8) is 0 Å². The molecule has 53 heavy (non-hydrogen) atoms. The van der Waals surface area contributed by atoms with Gasteiger partial charge in [-0.15, -0.1) is 0 Å². The average molecular weight is 684 g/mol. The van der Waals surface area contributed by atoms with Crippen LogP contribution in [-0.4, -0.2) is 21.2 Å². The van der Waals surface area contributed by atoms with E-state index in [4.69, 9.17) is 16.1 Å². The first kappa shape index (κ1) is 33.1. The Bertz CT molecular complexity index is 2730. The molecule has 0 aliphatic rings. The van der Waals surface area contributed by atoms with Crippen LogP contribution in [0.15, 0.2) is 193 Å². The van der Waals surface area contributed by atoms with Crippen LogP contribution in [0, 0.1) is 12.3 Å². The summed E-state index contributed by atoms with van der Waals surface area (Å²) in [6.45, 7) is 2.08. The summed E-state index contributed by atoms with van der Waals surface area (Å²) in [4.78, 5) is 9.44. The number of nitrogens with zero attached hydrogens (tertiary/aromatic N) is 3. The Balaban J connectivity index is 0.000000515. The lowest BCUT2D eigenvalue weighted by molar-refractivity contribution is 1.07. The van der Waals surface area contributed by atoms with Gasteiger partial charge in [0.25, 0.3) is 0 Å². The van der Waals surface area contributed by atoms with Crippen molar-refractivity contribution >= 4 is 44.2 Å². The number of nitrogens with one attached hydrogen (secondary N) is 1. The van der Waals surface area contributed by atoms with E-state index in [0.717, 1.165) is 44.2 Å². The fraction of sp³-hybridized carbons (Fsp3) is 0.0208. The van der Waals surface area contributed by atoms with E-state index in [1.54, 1.807) is 0 Å². The highest BCUT2D eigenvalue weighted by atomic mass is 15.1. The Morgan fingerprint density at radius 2 is 1.15 bits per heavy atom. The number of fused-ring (bicyclic) bond motifs is 5. The number of nitrogens with two attached hydrogens (primary N) is 1. The van der Waals surface area contributed by atoms with Gasteiger partial charge in [0.2, 0.25) is 0 Å². The summed E-state index contributed by atoms with van der Waals surface area (Å²) in [5, 5.41) is 13.5. The summed E-state index contributed by atoms with van der Waals surface area (Å²) >= 11 is 0. The fourth-order valence-corrected chi connectivity index (χ4v) is 6.86. The van der Waals surface area contributed by atoms with Crippen LogP contribution in [0.25, 0.3) is 60.6 Å². The average Bonchev–Trinajstić information content (AvgIpc) is 3.56. The second-order valence-corrected chi connectivity index (χ2v) is 12.9. The van der Waals surface area contributed by atoms with E-state index in [2.05, 4.69) is 126 Å². The lowest BCUT2D eigenvalue weighted by Gasteiger charge is -2.12. The van der Waals surface area contributed by atoms with E-state index in [-0.39, 0.29) is 11.7 Å². The third-order valence-electron chi connectivity index (χ3n) is 9.41. The number of amidine groups is 2. The van der Waals surface area contributed by atoms with Gasteiger partial charge in [-0.3, -0.25) is 9.98 Å². The second kappa shape index (κ2) is 14.6. The quantitative estimate of drug-likeness (QED) is 0.140. The van der Waals surface area contributed by atoms with E-state index in [1.165, 1.54) is 21.7 Å². The van der Waals surface area contributed by atoms with E-state index in [0.29, 0.717) is 11.5 Å². The van der Waals surface area contributed by atoms with Gasteiger partial charge in [0.15, 0.2) is 5.84 Å². The molecule has 5 nitrogen and oxygen atoms in total. The largest absolute Gasteiger partial charge is 0.383 e. The lowest BCUT2D eigenvalue weighted by Crippen LogP contribution is -2.16. The van der Waals surface area contributed by atoms with Crippen LogP contribution in [0.5, 0.6) is 0 Å². The minimum Gasteiger partial charge on any atom is -0.383 e. The highest BCUT2D eigenvalue weighted by Gasteiger charge is 2.20. The van der Waals surface area contributed by atoms with Crippen LogP contribution in [-0.2, 0) is 0 Å². The van der Waals surface area contributed by atoms with Crippen LogP contribution >= 0.6 is 0 Å². The fourth-order valence-electron chi connectivity index (χ4n) is 6.86. The van der Waals surface area contributed by atoms with Gasteiger partial charge in [0.1, 0.15) is 17.3 Å². The molecule has 9 rings (SSSR count). The maximum atomic E-state index is 8.82. The normalized spacial score (nSPS) is 11.4. The Morgan fingerprint density at radius 1 is 0.547 bits per heavy atom. The standard InChI is InChI=1S/C41H29N5.C7H8/c42-40(29-17-8-3-9-18-29)45-41(43)35-21-12-22-38(44-35)46-36-25-30(27-13-4-1-5-14-27)23-24-33(36)39-32-20-11-10-19-31(32)34(26-37(39)46)28-15-6-2-7-16-28;1-7-5-3-2-4-6-7/h1-26H,(H3,42,43,45);2-6H,1H3. The van der Waals surface area contributed by atoms with Crippen molar-refractivity contribution in [1.29, 1.82) is 5.41 Å². The molecule has 0 saturated heterocycles. The summed E-state index contributed by atoms with van der Waals surface area (Å²) in [6.07, 6.45) is 0. The molecule has 5 heteroatoms. The zero-order valence-corrected chi connectivity index (χ0v) is 29.3. The Labute approximate surface area is 308 Å². The zero-order chi connectivity index (χ0) is 36.1. The Morgan fingerprint density at radius 3 is 1.81 bits per heavy atom. The van der Waals surface area contributed by atoms with Crippen LogP contribution in [0.4, 0.5) is 0 Å².